The molecule has 2 nitrogen and oxygen atoms in total. The van der Waals surface area contributed by atoms with Gasteiger partial charge in [0.25, 0.3) is 0 Å². The number of hydrogen-bond acceptors (Lipinski definition) is 2. The van der Waals surface area contributed by atoms with E-state index in [0.717, 1.165) is 13.2 Å². The van der Waals surface area contributed by atoms with E-state index in [2.05, 4.69) is 0 Å². The van der Waals surface area contributed by atoms with E-state index in [1.54, 1.807) is 0 Å². The van der Waals surface area contributed by atoms with Crippen LogP contribution in [-0.2, 0) is 9.59 Å². The van der Waals surface area contributed by atoms with Crippen molar-refractivity contribution in [3.63, 3.8) is 0 Å². The Bertz CT molecular complexity index is 59.8. The van der Waals surface area contributed by atoms with Gasteiger partial charge in [0.15, 0.2) is 0 Å². The Labute approximate surface area is 29.8 Å². The van der Waals surface area contributed by atoms with E-state index >= 15 is 0 Å². The molecule has 0 amide bonds. The zero-order valence-corrected chi connectivity index (χ0v) is 9.92. The summed E-state index contributed by atoms with van der Waals surface area (Å²) in [7, 11) is 0. The molecule has 0 saturated heterocycles. The van der Waals surface area contributed by atoms with Crippen LogP contribution in [0.1, 0.15) is 6.92 Å². The molecule has 0 aliphatic rings. The van der Waals surface area contributed by atoms with E-state index in [0.29, 0.717) is 0 Å². The second-order valence-corrected chi connectivity index (χ2v) is 0.658. The number of ketones is 1. The molecule has 0 aromatic rings. The summed E-state index contributed by atoms with van der Waals surface area (Å²) in [6.45, 7) is 1.16. The summed E-state index contributed by atoms with van der Waals surface area (Å²) in [5, 5.41) is 0. The zero-order valence-electron chi connectivity index (χ0n) is 3.52. The minimum Gasteiger partial charge on any atom is -0.534 e. The first-order chi connectivity index (χ1) is 2.27. The molecule has 0 atom stereocenters. The van der Waals surface area contributed by atoms with E-state index in [4.69, 9.17) is 4.79 Å². The molecule has 0 spiro atoms. The summed E-state index contributed by atoms with van der Waals surface area (Å²) in [6, 6.07) is 0. The summed E-state index contributed by atoms with van der Waals surface area (Å²) in [5.41, 5.74) is 0. The molecule has 6 heavy (non-hydrogen) atoms. The minimum absolute atomic E-state index is 0. The van der Waals surface area contributed by atoms with Gasteiger partial charge in [-0.15, -0.1) is 0 Å². The Morgan fingerprint density at radius 2 is 1.83 bits per heavy atom. The minimum atomic E-state index is -0.551. The quantitative estimate of drug-likeness (QED) is 0.485. The second-order valence-electron chi connectivity index (χ2n) is 0.658. The normalized spacial score (nSPS) is 5.50. The largest absolute Gasteiger partial charge is 0.534 e. The maximum atomic E-state index is 9.39. The predicted octanol–water partition coefficient (Wildman–Crippen LogP) is -0.315. The predicted molar refractivity (Wildman–Crippen MR) is 16.4 cm³/mol. The number of carbonyl (C=O) groups excluding carboxylic acids is 2. The summed E-state index contributed by atoms with van der Waals surface area (Å²) >= 11 is 0. The maximum absolute atomic E-state index is 9.39. The molecule has 0 bridgehead atoms. The number of rotatable bonds is 1. The van der Waals surface area contributed by atoms with E-state index in [1.807, 2.05) is 0 Å². The van der Waals surface area contributed by atoms with Gasteiger partial charge in [0.1, 0.15) is 0 Å². The molecule has 0 aliphatic carbocycles. The zero-order chi connectivity index (χ0) is 4.28. The van der Waals surface area contributed by atoms with Crippen molar-refractivity contribution in [2.75, 3.05) is 0 Å². The molecule has 0 unspecified atom stereocenters. The van der Waals surface area contributed by atoms with Gasteiger partial charge in [0.05, 0.1) is 0 Å². The van der Waals surface area contributed by atoms with Crippen LogP contribution in [0.25, 0.3) is 0 Å². The van der Waals surface area contributed by atoms with Gasteiger partial charge in [-0.2, -0.15) is 6.29 Å². The molecule has 0 N–H and O–H groups in total. The van der Waals surface area contributed by atoms with Crippen LogP contribution in [0.3, 0.4) is 0 Å². The number of carbonyl (C=O) groups is 1. The van der Waals surface area contributed by atoms with Crippen LogP contribution in [0, 0.1) is 0 Å². The smallest absolute Gasteiger partial charge is 0.0121 e. The fourth-order valence-electron chi connectivity index (χ4n) is 0. The summed E-state index contributed by atoms with van der Waals surface area (Å²) in [4.78, 5) is 18.4. The van der Waals surface area contributed by atoms with Crippen LogP contribution < -0.4 is 0 Å². The third-order valence-corrected chi connectivity index (χ3v) is 0.144. The van der Waals surface area contributed by atoms with Crippen LogP contribution in [0.2, 0.25) is 0 Å². The number of Topliss-reactive ketones (excluding diaryl/α,β-unsaturated/α-hetero) is 1. The summed E-state index contributed by atoms with van der Waals surface area (Å²) in [5.74, 6) is -0.551. The van der Waals surface area contributed by atoms with Crippen LogP contribution in [-0.4, -0.2) is 12.1 Å². The monoisotopic (exact) mass is 338 g/mol. The van der Waals surface area contributed by atoms with Crippen molar-refractivity contribution in [3.05, 3.63) is 0 Å². The van der Waals surface area contributed by atoms with E-state index < -0.39 is 5.78 Å². The first-order valence-corrected chi connectivity index (χ1v) is 1.16. The Kier molecular flexibility index (Phi) is 4.92. The standard InChI is InChI=1S/C3H3O2.Rf/c1-3(5)2-4;/h1H3;/q-1;. The van der Waals surface area contributed by atoms with Crippen LogP contribution in [0.5, 0.6) is 0 Å². The van der Waals surface area contributed by atoms with Gasteiger partial charge in [-0.3, -0.25) is 0 Å². The molecule has 0 fully saturated rings. The molecule has 0 aliphatic heterocycles. The Morgan fingerprint density at radius 1 is 1.67 bits per heavy atom. The molecule has 0 aromatic heterocycles. The van der Waals surface area contributed by atoms with E-state index in [9.17, 15) is 4.79 Å². The van der Waals surface area contributed by atoms with Crippen molar-refractivity contribution in [1.29, 1.82) is 0 Å². The van der Waals surface area contributed by atoms with E-state index in [1.165, 1.54) is 0 Å². The van der Waals surface area contributed by atoms with Crippen molar-refractivity contribution >= 4 is 12.1 Å². The molecule has 30 valence electrons. The van der Waals surface area contributed by atoms with Crippen LogP contribution in [0.15, 0.2) is 0 Å². The SMILES string of the molecule is CC(=O)[C-]=O.[Rf]. The number of hydrogen-bond donors (Lipinski definition) is 0. The fraction of sp³-hybridized carbons (Fsp3) is 0.333. The molecule has 0 heterocycles. The van der Waals surface area contributed by atoms with Gasteiger partial charge in [-0.1, -0.05) is 0 Å². The molecule has 0 aromatic carbocycles. The van der Waals surface area contributed by atoms with Gasteiger partial charge in [0.2, 0.25) is 0 Å². The van der Waals surface area contributed by atoms with E-state index in [-0.39, 0.29) is 0 Å². The average molecular weight is 338 g/mol. The molecule has 0 radical (unpaired) electrons. The van der Waals surface area contributed by atoms with Gasteiger partial charge >= 0.3 is 0 Å². The van der Waals surface area contributed by atoms with Crippen molar-refractivity contribution < 1.29 is 9.59 Å². The molecular weight excluding hydrogens is 335 g/mol. The van der Waals surface area contributed by atoms with Crippen molar-refractivity contribution in [2.24, 2.45) is 0 Å². The Morgan fingerprint density at radius 3 is 1.83 bits per heavy atom. The molecule has 3 heteroatoms. The Hall–Kier alpha value is -1.66. The topological polar surface area (TPSA) is 34.1 Å². The van der Waals surface area contributed by atoms with Crippen molar-refractivity contribution in [2.45, 2.75) is 6.92 Å². The van der Waals surface area contributed by atoms with Crippen LogP contribution >= 0.6 is 0 Å². The van der Waals surface area contributed by atoms with Gasteiger partial charge < -0.3 is 9.59 Å². The third kappa shape index (κ3) is 36.3. The average Bonchev–Trinajstić information content (AvgIpc) is 1.38. The van der Waals surface area contributed by atoms with Gasteiger partial charge in [-0.05, 0) is 6.92 Å². The van der Waals surface area contributed by atoms with Crippen molar-refractivity contribution in [1.82, 2.24) is 0 Å². The summed E-state index contributed by atoms with van der Waals surface area (Å²) in [6.07, 6.45) is 1.14. The van der Waals surface area contributed by atoms with Gasteiger partial charge in [-0.25, -0.2) is 0 Å². The molecular formula is C3H3O2Rf-. The second kappa shape index (κ2) is 3.34. The fourth-order valence-corrected chi connectivity index (χ4v) is 0. The van der Waals surface area contributed by atoms with Crippen molar-refractivity contribution in [3.8, 4) is 0 Å². The Balaban J connectivity index is 0. The molecule has 0 saturated carbocycles. The third-order valence-electron chi connectivity index (χ3n) is 0.144. The maximum Gasteiger partial charge on any atom is 0.0121 e. The van der Waals surface area contributed by atoms with Gasteiger partial charge in [0, 0.05) is 5.78 Å². The summed E-state index contributed by atoms with van der Waals surface area (Å²) < 4.78 is 0. The first-order valence-electron chi connectivity index (χ1n) is 1.16. The molecule has 0 rings (SSSR count). The first kappa shape index (κ1) is 8.84. The van der Waals surface area contributed by atoms with Crippen LogP contribution in [0.4, 0.5) is 0 Å².